The van der Waals surface area contributed by atoms with Crippen molar-refractivity contribution in [3.63, 3.8) is 0 Å². The monoisotopic (exact) mass is 275 g/mol. The summed E-state index contributed by atoms with van der Waals surface area (Å²) in [5, 5.41) is 0. The lowest BCUT2D eigenvalue weighted by atomic mass is 9.79. The SMILES string of the molecule is CC(=O)C1(C)CCCN(C(=O)OCc2ccccc2)C1. The number of nitrogens with zero attached hydrogens (tertiary/aromatic N) is 1. The average Bonchev–Trinajstić information content (AvgIpc) is 2.46. The van der Waals surface area contributed by atoms with E-state index in [1.54, 1.807) is 11.8 Å². The minimum atomic E-state index is -0.427. The first-order valence-corrected chi connectivity index (χ1v) is 6.98. The molecule has 1 atom stereocenters. The van der Waals surface area contributed by atoms with E-state index >= 15 is 0 Å². The molecule has 0 bridgehead atoms. The van der Waals surface area contributed by atoms with Gasteiger partial charge in [-0.15, -0.1) is 0 Å². The second kappa shape index (κ2) is 6.07. The summed E-state index contributed by atoms with van der Waals surface area (Å²) in [6, 6.07) is 9.59. The molecule has 4 heteroatoms. The van der Waals surface area contributed by atoms with Crippen LogP contribution in [0.4, 0.5) is 4.79 Å². The van der Waals surface area contributed by atoms with Crippen molar-refractivity contribution in [2.45, 2.75) is 33.3 Å². The van der Waals surface area contributed by atoms with Gasteiger partial charge < -0.3 is 9.64 Å². The maximum atomic E-state index is 12.1. The van der Waals surface area contributed by atoms with Gasteiger partial charge in [0.2, 0.25) is 0 Å². The highest BCUT2D eigenvalue weighted by atomic mass is 16.6. The number of ketones is 1. The van der Waals surface area contributed by atoms with Crippen molar-refractivity contribution < 1.29 is 14.3 Å². The molecule has 1 heterocycles. The summed E-state index contributed by atoms with van der Waals surface area (Å²) in [6.45, 7) is 4.91. The molecule has 0 spiro atoms. The Hall–Kier alpha value is -1.84. The summed E-state index contributed by atoms with van der Waals surface area (Å²) in [5.41, 5.74) is 0.538. The Kier molecular flexibility index (Phi) is 4.42. The smallest absolute Gasteiger partial charge is 0.410 e. The van der Waals surface area contributed by atoms with Gasteiger partial charge in [0.05, 0.1) is 0 Å². The molecule has 4 nitrogen and oxygen atoms in total. The fourth-order valence-corrected chi connectivity index (χ4v) is 2.49. The molecule has 20 heavy (non-hydrogen) atoms. The molecule has 0 radical (unpaired) electrons. The van der Waals surface area contributed by atoms with Crippen LogP contribution in [0.2, 0.25) is 0 Å². The molecule has 1 amide bonds. The number of likely N-dealkylation sites (tertiary alicyclic amines) is 1. The van der Waals surface area contributed by atoms with Crippen LogP contribution in [0.1, 0.15) is 32.3 Å². The van der Waals surface area contributed by atoms with Gasteiger partial charge in [-0.3, -0.25) is 4.79 Å². The lowest BCUT2D eigenvalue weighted by Crippen LogP contribution is -2.47. The van der Waals surface area contributed by atoms with E-state index in [9.17, 15) is 9.59 Å². The zero-order valence-electron chi connectivity index (χ0n) is 12.1. The zero-order chi connectivity index (χ0) is 14.6. The molecule has 1 fully saturated rings. The minimum absolute atomic E-state index is 0.137. The Morgan fingerprint density at radius 3 is 2.65 bits per heavy atom. The van der Waals surface area contributed by atoms with Crippen LogP contribution in [0.3, 0.4) is 0 Å². The van der Waals surface area contributed by atoms with Crippen LogP contribution in [-0.4, -0.2) is 29.9 Å². The molecule has 2 rings (SSSR count). The third-order valence-corrected chi connectivity index (χ3v) is 4.01. The molecule has 1 unspecified atom stereocenters. The number of benzene rings is 1. The summed E-state index contributed by atoms with van der Waals surface area (Å²) < 4.78 is 5.32. The molecule has 0 saturated carbocycles. The van der Waals surface area contributed by atoms with Gasteiger partial charge in [0.15, 0.2) is 0 Å². The third kappa shape index (κ3) is 3.38. The summed E-state index contributed by atoms with van der Waals surface area (Å²) in [6.07, 6.45) is 1.35. The molecule has 1 aromatic carbocycles. The van der Waals surface area contributed by atoms with Gasteiger partial charge >= 0.3 is 6.09 Å². The molecule has 0 aromatic heterocycles. The maximum absolute atomic E-state index is 12.1. The van der Waals surface area contributed by atoms with Crippen molar-refractivity contribution in [3.8, 4) is 0 Å². The van der Waals surface area contributed by atoms with Crippen LogP contribution in [0.25, 0.3) is 0 Å². The summed E-state index contributed by atoms with van der Waals surface area (Å²) in [7, 11) is 0. The van der Waals surface area contributed by atoms with E-state index in [2.05, 4.69) is 0 Å². The molecule has 108 valence electrons. The van der Waals surface area contributed by atoms with E-state index in [1.165, 1.54) is 0 Å². The van der Waals surface area contributed by atoms with Crippen LogP contribution in [-0.2, 0) is 16.1 Å². The summed E-state index contributed by atoms with van der Waals surface area (Å²) >= 11 is 0. The predicted molar refractivity (Wildman–Crippen MR) is 76.2 cm³/mol. The first-order valence-electron chi connectivity index (χ1n) is 6.98. The standard InChI is InChI=1S/C16H21NO3/c1-13(18)16(2)9-6-10-17(12-16)15(19)20-11-14-7-4-3-5-8-14/h3-5,7-8H,6,9-12H2,1-2H3. The lowest BCUT2D eigenvalue weighted by Gasteiger charge is -2.38. The van der Waals surface area contributed by atoms with Crippen molar-refractivity contribution in [3.05, 3.63) is 35.9 Å². The van der Waals surface area contributed by atoms with Gasteiger partial charge in [-0.1, -0.05) is 37.3 Å². The number of amides is 1. The Morgan fingerprint density at radius 2 is 2.00 bits per heavy atom. The molecular weight excluding hydrogens is 254 g/mol. The van der Waals surface area contributed by atoms with Gasteiger partial charge in [0.1, 0.15) is 12.4 Å². The van der Waals surface area contributed by atoms with Crippen molar-refractivity contribution in [1.82, 2.24) is 4.90 Å². The first-order chi connectivity index (χ1) is 9.51. The van der Waals surface area contributed by atoms with Crippen LogP contribution in [0, 0.1) is 5.41 Å². The van der Waals surface area contributed by atoms with Crippen molar-refractivity contribution in [2.75, 3.05) is 13.1 Å². The number of carbonyl (C=O) groups excluding carboxylic acids is 2. The lowest BCUT2D eigenvalue weighted by molar-refractivity contribution is -0.128. The summed E-state index contributed by atoms with van der Waals surface area (Å²) in [4.78, 5) is 25.4. The highest BCUT2D eigenvalue weighted by Crippen LogP contribution is 2.30. The van der Waals surface area contributed by atoms with Crippen LogP contribution >= 0.6 is 0 Å². The van der Waals surface area contributed by atoms with Gasteiger partial charge in [-0.25, -0.2) is 4.79 Å². The second-order valence-corrected chi connectivity index (χ2v) is 5.68. The Bertz CT molecular complexity index is 486. The second-order valence-electron chi connectivity index (χ2n) is 5.68. The van der Waals surface area contributed by atoms with Crippen molar-refractivity contribution >= 4 is 11.9 Å². The van der Waals surface area contributed by atoms with Gasteiger partial charge in [0, 0.05) is 18.5 Å². The average molecular weight is 275 g/mol. The van der Waals surface area contributed by atoms with E-state index in [1.807, 2.05) is 37.3 Å². The van der Waals surface area contributed by atoms with Crippen molar-refractivity contribution in [2.24, 2.45) is 5.41 Å². The van der Waals surface area contributed by atoms with E-state index < -0.39 is 5.41 Å². The highest BCUT2D eigenvalue weighted by molar-refractivity contribution is 5.83. The third-order valence-electron chi connectivity index (χ3n) is 4.01. The van der Waals surface area contributed by atoms with Crippen molar-refractivity contribution in [1.29, 1.82) is 0 Å². The number of ether oxygens (including phenoxy) is 1. The first kappa shape index (κ1) is 14.6. The summed E-state index contributed by atoms with van der Waals surface area (Å²) in [5.74, 6) is 0.137. The molecule has 1 aromatic rings. The number of rotatable bonds is 3. The van der Waals surface area contributed by atoms with Crippen LogP contribution < -0.4 is 0 Å². The molecule has 1 saturated heterocycles. The predicted octanol–water partition coefficient (Wildman–Crippen LogP) is 3.01. The molecule has 0 aliphatic carbocycles. The molecule has 0 N–H and O–H groups in total. The molecule has 1 aliphatic heterocycles. The fraction of sp³-hybridized carbons (Fsp3) is 0.500. The Labute approximate surface area is 119 Å². The number of hydrogen-bond acceptors (Lipinski definition) is 3. The zero-order valence-corrected chi connectivity index (χ0v) is 12.1. The maximum Gasteiger partial charge on any atom is 0.410 e. The largest absolute Gasteiger partial charge is 0.445 e. The normalized spacial score (nSPS) is 22.4. The van der Waals surface area contributed by atoms with Gasteiger partial charge in [0.25, 0.3) is 0 Å². The number of hydrogen-bond donors (Lipinski definition) is 0. The van der Waals surface area contributed by atoms with Crippen LogP contribution in [0.5, 0.6) is 0 Å². The quantitative estimate of drug-likeness (QED) is 0.852. The van der Waals surface area contributed by atoms with Gasteiger partial charge in [-0.05, 0) is 25.3 Å². The highest BCUT2D eigenvalue weighted by Gasteiger charge is 2.37. The number of piperidine rings is 1. The van der Waals surface area contributed by atoms with E-state index in [-0.39, 0.29) is 18.5 Å². The molecular formula is C16H21NO3. The van der Waals surface area contributed by atoms with Gasteiger partial charge in [-0.2, -0.15) is 0 Å². The number of Topliss-reactive ketones (excluding diaryl/α,β-unsaturated/α-hetero) is 1. The van der Waals surface area contributed by atoms with E-state index in [0.29, 0.717) is 13.1 Å². The minimum Gasteiger partial charge on any atom is -0.445 e. The molecule has 1 aliphatic rings. The van der Waals surface area contributed by atoms with E-state index in [4.69, 9.17) is 4.74 Å². The topological polar surface area (TPSA) is 46.6 Å². The fourth-order valence-electron chi connectivity index (χ4n) is 2.49. The van der Waals surface area contributed by atoms with E-state index in [0.717, 1.165) is 18.4 Å². The van der Waals surface area contributed by atoms with Crippen LogP contribution in [0.15, 0.2) is 30.3 Å². The number of carbonyl (C=O) groups is 2. The Balaban J connectivity index is 1.91. The Morgan fingerprint density at radius 1 is 1.30 bits per heavy atom.